The first kappa shape index (κ1) is 15.3. The van der Waals surface area contributed by atoms with Gasteiger partial charge in [-0.2, -0.15) is 0 Å². The molecule has 1 fully saturated rings. The van der Waals surface area contributed by atoms with Crippen molar-refractivity contribution in [2.45, 2.75) is 33.1 Å². The quantitative estimate of drug-likeness (QED) is 0.866. The molecule has 2 aromatic rings. The number of piperazine rings is 1. The molecule has 1 aromatic heterocycles. The highest BCUT2D eigenvalue weighted by Crippen LogP contribution is 2.31. The van der Waals surface area contributed by atoms with Crippen LogP contribution >= 0.6 is 11.3 Å². The summed E-state index contributed by atoms with van der Waals surface area (Å²) >= 11 is 1.75. The molecule has 2 heterocycles. The average Bonchev–Trinajstić information content (AvgIpc) is 2.98. The van der Waals surface area contributed by atoms with Crippen LogP contribution in [0, 0.1) is 6.92 Å². The van der Waals surface area contributed by atoms with Crippen molar-refractivity contribution in [2.24, 2.45) is 0 Å². The first-order valence-electron chi connectivity index (χ1n) is 8.08. The highest BCUT2D eigenvalue weighted by Gasteiger charge is 2.22. The van der Waals surface area contributed by atoms with E-state index < -0.39 is 0 Å². The van der Waals surface area contributed by atoms with Crippen LogP contribution in [0.3, 0.4) is 0 Å². The molecule has 1 aromatic carbocycles. The Morgan fingerprint density at radius 2 is 2.05 bits per heavy atom. The Kier molecular flexibility index (Phi) is 4.62. The highest BCUT2D eigenvalue weighted by atomic mass is 32.1. The molecular formula is C17H23N3OS. The Hall–Kier alpha value is -1.62. The zero-order valence-electron chi connectivity index (χ0n) is 13.3. The molecule has 3 rings (SSSR count). The van der Waals surface area contributed by atoms with Gasteiger partial charge in [0, 0.05) is 32.6 Å². The number of rotatable bonds is 4. The predicted molar refractivity (Wildman–Crippen MR) is 92.7 cm³/mol. The monoisotopic (exact) mass is 317 g/mol. The number of unbranched alkanes of at least 4 members (excludes halogenated alkanes) is 1. The number of carbonyl (C=O) groups is 1. The van der Waals surface area contributed by atoms with Gasteiger partial charge in [-0.05, 0) is 25.0 Å². The third-order valence-electron chi connectivity index (χ3n) is 4.26. The first-order chi connectivity index (χ1) is 10.7. The van der Waals surface area contributed by atoms with Gasteiger partial charge in [-0.3, -0.25) is 4.79 Å². The molecule has 0 radical (unpaired) electrons. The van der Waals surface area contributed by atoms with Gasteiger partial charge in [0.2, 0.25) is 5.91 Å². The Morgan fingerprint density at radius 3 is 2.73 bits per heavy atom. The second kappa shape index (κ2) is 6.65. The summed E-state index contributed by atoms with van der Waals surface area (Å²) in [6.07, 6.45) is 2.77. The number of amides is 1. The number of benzene rings is 1. The number of nitrogens with zero attached hydrogens (tertiary/aromatic N) is 3. The van der Waals surface area contributed by atoms with Crippen molar-refractivity contribution in [1.82, 2.24) is 9.88 Å². The number of fused-ring (bicyclic) bond motifs is 1. The molecule has 0 N–H and O–H groups in total. The fraction of sp³-hybridized carbons (Fsp3) is 0.529. The fourth-order valence-electron chi connectivity index (χ4n) is 2.84. The molecular weight excluding hydrogens is 294 g/mol. The summed E-state index contributed by atoms with van der Waals surface area (Å²) in [4.78, 5) is 21.2. The molecule has 1 amide bonds. The lowest BCUT2D eigenvalue weighted by atomic mass is 10.2. The van der Waals surface area contributed by atoms with Gasteiger partial charge in [0.25, 0.3) is 0 Å². The van der Waals surface area contributed by atoms with Crippen molar-refractivity contribution >= 4 is 32.6 Å². The van der Waals surface area contributed by atoms with Crippen LogP contribution in [0.15, 0.2) is 18.2 Å². The van der Waals surface area contributed by atoms with Gasteiger partial charge in [-0.15, -0.1) is 0 Å². The van der Waals surface area contributed by atoms with E-state index in [2.05, 4.69) is 36.9 Å². The maximum atomic E-state index is 12.1. The number of para-hydroxylation sites is 1. The molecule has 0 bridgehead atoms. The molecule has 0 unspecified atom stereocenters. The standard InChI is InChI=1S/C17H23N3OS/c1-3-4-8-15(21)19-9-11-20(12-10-19)17-18-16-13(2)6-5-7-14(16)22-17/h5-7H,3-4,8-12H2,1-2H3. The van der Waals surface area contributed by atoms with Gasteiger partial charge >= 0.3 is 0 Å². The fourth-order valence-corrected chi connectivity index (χ4v) is 3.94. The lowest BCUT2D eigenvalue weighted by Crippen LogP contribution is -2.48. The van der Waals surface area contributed by atoms with Crippen LogP contribution in [0.5, 0.6) is 0 Å². The summed E-state index contributed by atoms with van der Waals surface area (Å²) in [7, 11) is 0. The molecule has 0 atom stereocenters. The minimum atomic E-state index is 0.307. The van der Waals surface area contributed by atoms with Gasteiger partial charge < -0.3 is 9.80 Å². The summed E-state index contributed by atoms with van der Waals surface area (Å²) in [5.74, 6) is 0.307. The van der Waals surface area contributed by atoms with Crippen molar-refractivity contribution in [1.29, 1.82) is 0 Å². The van der Waals surface area contributed by atoms with Crippen LogP contribution < -0.4 is 4.90 Å². The molecule has 0 saturated carbocycles. The zero-order chi connectivity index (χ0) is 15.5. The Bertz CT molecular complexity index is 659. The molecule has 1 aliphatic heterocycles. The summed E-state index contributed by atoms with van der Waals surface area (Å²) in [6.45, 7) is 7.64. The number of aromatic nitrogens is 1. The second-order valence-electron chi connectivity index (χ2n) is 5.89. The number of anilines is 1. The van der Waals surface area contributed by atoms with Gasteiger partial charge in [0.15, 0.2) is 5.13 Å². The molecule has 22 heavy (non-hydrogen) atoms. The third-order valence-corrected chi connectivity index (χ3v) is 5.34. The summed E-state index contributed by atoms with van der Waals surface area (Å²) < 4.78 is 1.25. The molecule has 5 heteroatoms. The normalized spacial score (nSPS) is 15.5. The van der Waals surface area contributed by atoms with Crippen LogP contribution in [-0.2, 0) is 4.79 Å². The number of hydrogen-bond donors (Lipinski definition) is 0. The van der Waals surface area contributed by atoms with Gasteiger partial charge in [-0.25, -0.2) is 4.98 Å². The van der Waals surface area contributed by atoms with E-state index in [0.717, 1.165) is 49.7 Å². The molecule has 0 aliphatic carbocycles. The maximum Gasteiger partial charge on any atom is 0.222 e. The van der Waals surface area contributed by atoms with E-state index in [0.29, 0.717) is 12.3 Å². The molecule has 118 valence electrons. The Morgan fingerprint density at radius 1 is 1.27 bits per heavy atom. The van der Waals surface area contributed by atoms with E-state index in [1.54, 1.807) is 11.3 Å². The van der Waals surface area contributed by atoms with Crippen molar-refractivity contribution in [3.63, 3.8) is 0 Å². The van der Waals surface area contributed by atoms with Gasteiger partial charge in [0.05, 0.1) is 10.2 Å². The van der Waals surface area contributed by atoms with Crippen LogP contribution in [0.2, 0.25) is 0 Å². The third kappa shape index (κ3) is 3.09. The van der Waals surface area contributed by atoms with Gasteiger partial charge in [0.1, 0.15) is 0 Å². The number of hydrogen-bond acceptors (Lipinski definition) is 4. The van der Waals surface area contributed by atoms with Crippen molar-refractivity contribution < 1.29 is 4.79 Å². The predicted octanol–water partition coefficient (Wildman–Crippen LogP) is 3.44. The van der Waals surface area contributed by atoms with Crippen molar-refractivity contribution in [3.05, 3.63) is 23.8 Å². The zero-order valence-corrected chi connectivity index (χ0v) is 14.2. The topological polar surface area (TPSA) is 36.4 Å². The minimum Gasteiger partial charge on any atom is -0.345 e. The minimum absolute atomic E-state index is 0.307. The van der Waals surface area contributed by atoms with Crippen molar-refractivity contribution in [3.8, 4) is 0 Å². The van der Waals surface area contributed by atoms with Crippen LogP contribution in [-0.4, -0.2) is 42.0 Å². The maximum absolute atomic E-state index is 12.1. The molecule has 0 spiro atoms. The van der Waals surface area contributed by atoms with E-state index >= 15 is 0 Å². The molecule has 1 saturated heterocycles. The lowest BCUT2D eigenvalue weighted by Gasteiger charge is -2.34. The number of aryl methyl sites for hydroxylation is 1. The molecule has 1 aliphatic rings. The Balaban J connectivity index is 1.65. The SMILES string of the molecule is CCCCC(=O)N1CCN(c2nc3c(C)cccc3s2)CC1. The summed E-state index contributed by atoms with van der Waals surface area (Å²) in [5.41, 5.74) is 2.34. The smallest absolute Gasteiger partial charge is 0.222 e. The second-order valence-corrected chi connectivity index (χ2v) is 6.90. The van der Waals surface area contributed by atoms with Crippen LogP contribution in [0.4, 0.5) is 5.13 Å². The summed E-state index contributed by atoms with van der Waals surface area (Å²) in [6, 6.07) is 6.33. The van der Waals surface area contributed by atoms with E-state index in [9.17, 15) is 4.79 Å². The largest absolute Gasteiger partial charge is 0.345 e. The Labute approximate surface area is 135 Å². The van der Waals surface area contributed by atoms with Gasteiger partial charge in [-0.1, -0.05) is 36.8 Å². The highest BCUT2D eigenvalue weighted by molar-refractivity contribution is 7.22. The van der Waals surface area contributed by atoms with E-state index in [1.165, 1.54) is 10.3 Å². The number of carbonyl (C=O) groups excluding carboxylic acids is 1. The lowest BCUT2D eigenvalue weighted by molar-refractivity contribution is -0.131. The summed E-state index contributed by atoms with van der Waals surface area (Å²) in [5, 5.41) is 1.09. The average molecular weight is 317 g/mol. The first-order valence-corrected chi connectivity index (χ1v) is 8.89. The van der Waals surface area contributed by atoms with E-state index in [-0.39, 0.29) is 0 Å². The van der Waals surface area contributed by atoms with E-state index in [1.807, 2.05) is 4.90 Å². The van der Waals surface area contributed by atoms with Crippen LogP contribution in [0.1, 0.15) is 31.7 Å². The van der Waals surface area contributed by atoms with Crippen LogP contribution in [0.25, 0.3) is 10.2 Å². The van der Waals surface area contributed by atoms with Crippen molar-refractivity contribution in [2.75, 3.05) is 31.1 Å². The molecule has 4 nitrogen and oxygen atoms in total. The number of thiazole rings is 1. The van der Waals surface area contributed by atoms with E-state index in [4.69, 9.17) is 4.98 Å².